The van der Waals surface area contributed by atoms with Crippen molar-refractivity contribution in [3.05, 3.63) is 23.3 Å². The van der Waals surface area contributed by atoms with Crippen LogP contribution in [-0.2, 0) is 52.4 Å². The summed E-state index contributed by atoms with van der Waals surface area (Å²) in [6.07, 6.45) is -3.66. The number of fused-ring (bicyclic) bond motifs is 1. The van der Waals surface area contributed by atoms with E-state index in [1.807, 2.05) is 6.92 Å². The number of carbonyl (C=O) groups excluding carboxylic acids is 5. The fourth-order valence-corrected chi connectivity index (χ4v) is 7.23. The molecule has 12 nitrogen and oxygen atoms in total. The number of hydrogen-bond donors (Lipinski definition) is 1. The van der Waals surface area contributed by atoms with Gasteiger partial charge in [-0.25, -0.2) is 4.79 Å². The largest absolute Gasteiger partial charge is 0.459 e. The summed E-state index contributed by atoms with van der Waals surface area (Å²) in [5.74, 6) is -4.32. The number of rotatable bonds is 6. The van der Waals surface area contributed by atoms with Crippen molar-refractivity contribution < 1.29 is 57.5 Å². The molecule has 2 aliphatic carbocycles. The van der Waals surface area contributed by atoms with Crippen LogP contribution in [0.15, 0.2) is 23.3 Å². The van der Waals surface area contributed by atoms with Gasteiger partial charge in [0.05, 0.1) is 5.41 Å². The summed E-state index contributed by atoms with van der Waals surface area (Å²) < 4.78 is 35.6. The first kappa shape index (κ1) is 31.7. The van der Waals surface area contributed by atoms with Crippen LogP contribution in [0.2, 0.25) is 0 Å². The Hall–Kier alpha value is -3.25. The summed E-state index contributed by atoms with van der Waals surface area (Å²) in [5, 5.41) is 11.3. The molecular weight excluding hydrogens is 552 g/mol. The maximum absolute atomic E-state index is 13.1. The summed E-state index contributed by atoms with van der Waals surface area (Å²) in [5.41, 5.74) is -3.47. The molecule has 4 rings (SSSR count). The Balaban J connectivity index is 2.07. The van der Waals surface area contributed by atoms with Crippen molar-refractivity contribution in [1.82, 2.24) is 0 Å². The van der Waals surface area contributed by atoms with Crippen molar-refractivity contribution in [3.8, 4) is 0 Å². The van der Waals surface area contributed by atoms with Crippen LogP contribution in [0.3, 0.4) is 0 Å². The molecule has 12 heteroatoms. The van der Waals surface area contributed by atoms with Gasteiger partial charge in [-0.2, -0.15) is 0 Å². The molecule has 0 saturated carbocycles. The third-order valence-corrected chi connectivity index (χ3v) is 8.89. The highest BCUT2D eigenvalue weighted by Crippen LogP contribution is 2.65. The van der Waals surface area contributed by atoms with Gasteiger partial charge in [-0.15, -0.1) is 0 Å². The van der Waals surface area contributed by atoms with Gasteiger partial charge in [-0.1, -0.05) is 31.1 Å². The molecule has 0 radical (unpaired) electrons. The van der Waals surface area contributed by atoms with E-state index in [1.165, 1.54) is 26.8 Å². The van der Waals surface area contributed by atoms with E-state index in [4.69, 9.17) is 28.4 Å². The number of ether oxygens (including phenoxy) is 6. The van der Waals surface area contributed by atoms with Crippen LogP contribution < -0.4 is 0 Å². The Bertz CT molecular complexity index is 1240. The van der Waals surface area contributed by atoms with E-state index >= 15 is 0 Å². The van der Waals surface area contributed by atoms with Gasteiger partial charge in [0.15, 0.2) is 17.3 Å². The van der Waals surface area contributed by atoms with Gasteiger partial charge in [-0.05, 0) is 33.3 Å². The average molecular weight is 593 g/mol. The Morgan fingerprint density at radius 3 is 2.05 bits per heavy atom. The highest BCUT2D eigenvalue weighted by Gasteiger charge is 2.87. The van der Waals surface area contributed by atoms with E-state index in [2.05, 4.69) is 0 Å². The van der Waals surface area contributed by atoms with Crippen LogP contribution in [0.1, 0.15) is 74.7 Å². The molecule has 232 valence electrons. The summed E-state index contributed by atoms with van der Waals surface area (Å²) in [6.45, 7) is 12.0. The SMILES string of the molecule is CCCC(=O)OC1C/C(C)=C\[C@@H]2OC(=O)[C@]3(C)O[C@]23[C@@H](OC(C)=O)[C@H]2C(C)=C[C@@H](O)[C@H](OC(C)=O)[C@]2(C)[C@H]1OC(C)=O. The van der Waals surface area contributed by atoms with Gasteiger partial charge in [0.1, 0.15) is 30.5 Å². The number of aliphatic hydroxyl groups is 1. The number of epoxide rings is 1. The lowest BCUT2D eigenvalue weighted by Gasteiger charge is -2.54. The van der Waals surface area contributed by atoms with Crippen LogP contribution >= 0.6 is 0 Å². The third-order valence-electron chi connectivity index (χ3n) is 8.89. The molecule has 4 aliphatic rings. The summed E-state index contributed by atoms with van der Waals surface area (Å²) in [7, 11) is 0. The second-order valence-corrected chi connectivity index (χ2v) is 12.1. The molecule has 0 aromatic carbocycles. The molecule has 1 N–H and O–H groups in total. The van der Waals surface area contributed by atoms with Crippen molar-refractivity contribution in [1.29, 1.82) is 0 Å². The minimum atomic E-state index is -1.59. The van der Waals surface area contributed by atoms with E-state index < -0.39 is 89.0 Å². The lowest BCUT2D eigenvalue weighted by Crippen LogP contribution is -2.66. The molecule has 1 spiro atoms. The number of esters is 5. The monoisotopic (exact) mass is 592 g/mol. The second kappa shape index (κ2) is 11.1. The predicted molar refractivity (Wildman–Crippen MR) is 143 cm³/mol. The zero-order valence-corrected chi connectivity index (χ0v) is 25.3. The molecule has 2 aliphatic heterocycles. The van der Waals surface area contributed by atoms with Crippen molar-refractivity contribution in [2.24, 2.45) is 11.3 Å². The molecule has 10 atom stereocenters. The minimum Gasteiger partial charge on any atom is -0.459 e. The van der Waals surface area contributed by atoms with E-state index in [1.54, 1.807) is 33.8 Å². The van der Waals surface area contributed by atoms with Gasteiger partial charge in [-0.3, -0.25) is 19.2 Å². The average Bonchev–Trinajstić information content (AvgIpc) is 3.44. The number of hydrogen-bond acceptors (Lipinski definition) is 12. The van der Waals surface area contributed by atoms with Gasteiger partial charge < -0.3 is 33.5 Å². The maximum atomic E-state index is 13.1. The zero-order valence-electron chi connectivity index (χ0n) is 25.3. The topological polar surface area (TPSA) is 164 Å². The lowest BCUT2D eigenvalue weighted by molar-refractivity contribution is -0.224. The van der Waals surface area contributed by atoms with Gasteiger partial charge >= 0.3 is 29.8 Å². The van der Waals surface area contributed by atoms with Crippen LogP contribution in [0.5, 0.6) is 0 Å². The smallest absolute Gasteiger partial charge is 0.342 e. The normalized spacial score (nSPS) is 41.7. The third kappa shape index (κ3) is 5.02. The molecule has 2 saturated heterocycles. The second-order valence-electron chi connectivity index (χ2n) is 12.1. The highest BCUT2D eigenvalue weighted by atomic mass is 16.7. The Kier molecular flexibility index (Phi) is 8.38. The molecule has 0 aromatic rings. The van der Waals surface area contributed by atoms with Crippen LogP contribution in [0.25, 0.3) is 0 Å². The van der Waals surface area contributed by atoms with Crippen LogP contribution in [-0.4, -0.2) is 82.8 Å². The van der Waals surface area contributed by atoms with Crippen molar-refractivity contribution in [2.45, 2.75) is 122 Å². The molecule has 0 bridgehead atoms. The van der Waals surface area contributed by atoms with Crippen molar-refractivity contribution in [2.75, 3.05) is 0 Å². The first-order valence-electron chi connectivity index (χ1n) is 14.2. The number of carbonyl (C=O) groups is 5. The predicted octanol–water partition coefficient (Wildman–Crippen LogP) is 2.24. The quantitative estimate of drug-likeness (QED) is 0.207. The first-order chi connectivity index (χ1) is 19.5. The summed E-state index contributed by atoms with van der Waals surface area (Å²) in [6, 6.07) is 0. The molecule has 1 unspecified atom stereocenters. The number of aliphatic hydroxyl groups excluding tert-OH is 1. The molecule has 2 fully saturated rings. The van der Waals surface area contributed by atoms with E-state index in [0.717, 1.165) is 0 Å². The van der Waals surface area contributed by atoms with Crippen LogP contribution in [0.4, 0.5) is 0 Å². The maximum Gasteiger partial charge on any atom is 0.342 e. The van der Waals surface area contributed by atoms with E-state index in [0.29, 0.717) is 17.6 Å². The highest BCUT2D eigenvalue weighted by molar-refractivity contribution is 5.89. The summed E-state index contributed by atoms with van der Waals surface area (Å²) in [4.78, 5) is 63.8. The fourth-order valence-electron chi connectivity index (χ4n) is 7.23. The van der Waals surface area contributed by atoms with Gasteiger partial charge in [0.2, 0.25) is 0 Å². The molecule has 0 aromatic heterocycles. The van der Waals surface area contributed by atoms with E-state index in [9.17, 15) is 29.1 Å². The fraction of sp³-hybridized carbons (Fsp3) is 0.700. The Labute approximate surface area is 244 Å². The molecule has 42 heavy (non-hydrogen) atoms. The lowest BCUT2D eigenvalue weighted by atomic mass is 9.56. The van der Waals surface area contributed by atoms with Gasteiger partial charge in [0.25, 0.3) is 0 Å². The molecule has 0 amide bonds. The zero-order chi connectivity index (χ0) is 31.4. The molecular formula is C30H40O12. The Morgan fingerprint density at radius 2 is 1.50 bits per heavy atom. The molecule has 2 heterocycles. The standard InChI is InChI=1S/C30H40O12/c1-9-10-22(35)40-20-11-14(2)12-21-30(29(8,42-30)27(36)41-21)26(39-18(6)33)23-15(3)13-19(34)24(37-16(4)31)28(23,7)25(20)38-17(5)32/h12-13,19-21,23-26,34H,9-11H2,1-8H3/b14-12-/t19-,20?,21+,23-,24+,25+,26+,28-,29+,30+/m1/s1. The van der Waals surface area contributed by atoms with Crippen molar-refractivity contribution in [3.63, 3.8) is 0 Å². The van der Waals surface area contributed by atoms with Crippen LogP contribution in [0, 0.1) is 11.3 Å². The summed E-state index contributed by atoms with van der Waals surface area (Å²) >= 11 is 0. The minimum absolute atomic E-state index is 0.0421. The Morgan fingerprint density at radius 1 is 0.929 bits per heavy atom. The van der Waals surface area contributed by atoms with Gasteiger partial charge in [0, 0.05) is 39.5 Å². The van der Waals surface area contributed by atoms with Crippen molar-refractivity contribution >= 4 is 29.8 Å². The first-order valence-corrected chi connectivity index (χ1v) is 14.2. The van der Waals surface area contributed by atoms with E-state index in [-0.39, 0.29) is 12.8 Å².